The number of benzene rings is 1. The third kappa shape index (κ3) is 3.20. The predicted octanol–water partition coefficient (Wildman–Crippen LogP) is 1.44. The van der Waals surface area contributed by atoms with E-state index in [4.69, 9.17) is 0 Å². The number of carbonyl (C=O) groups is 1. The van der Waals surface area contributed by atoms with E-state index in [0.717, 1.165) is 23.7 Å². The number of nitrogens with one attached hydrogen (secondary N) is 1. The molecule has 1 amide bonds. The number of rotatable bonds is 3. The second-order valence-electron chi connectivity index (χ2n) is 5.85. The highest BCUT2D eigenvalue weighted by Gasteiger charge is 2.21. The summed E-state index contributed by atoms with van der Waals surface area (Å²) in [6.07, 6.45) is 1.90. The Labute approximate surface area is 128 Å². The van der Waals surface area contributed by atoms with Gasteiger partial charge in [-0.2, -0.15) is 0 Å². The number of fused-ring (bicyclic) bond motifs is 1. The zero-order valence-corrected chi connectivity index (χ0v) is 12.4. The minimum absolute atomic E-state index is 0.00584. The molecule has 0 radical (unpaired) electrons. The third-order valence-corrected chi connectivity index (χ3v) is 4.19. The highest BCUT2D eigenvalue weighted by atomic mass is 16.3. The second-order valence-corrected chi connectivity index (χ2v) is 5.85. The molecule has 1 aliphatic rings. The summed E-state index contributed by atoms with van der Waals surface area (Å²) in [7, 11) is 0. The van der Waals surface area contributed by atoms with Crippen molar-refractivity contribution >= 4 is 16.8 Å². The van der Waals surface area contributed by atoms with Gasteiger partial charge in [0, 0.05) is 30.6 Å². The number of amides is 1. The Morgan fingerprint density at radius 3 is 3.00 bits per heavy atom. The summed E-state index contributed by atoms with van der Waals surface area (Å²) in [6.45, 7) is 1.11. The maximum absolute atomic E-state index is 12.2. The first-order valence-electron chi connectivity index (χ1n) is 7.70. The largest absolute Gasteiger partial charge is 0.391 e. The van der Waals surface area contributed by atoms with E-state index >= 15 is 0 Å². The Hall–Kier alpha value is -2.14. The number of hydrogen-bond donors (Lipinski definition) is 2. The number of aliphatic hydroxyl groups excluding tert-OH is 1. The molecule has 0 bridgehead atoms. The van der Waals surface area contributed by atoms with Gasteiger partial charge in [0.05, 0.1) is 6.10 Å². The number of β-amino-alcohol motifs (C(OH)–C–C–N with tert-alkyl or cyclic N) is 1. The van der Waals surface area contributed by atoms with Gasteiger partial charge in [-0.05, 0) is 36.8 Å². The highest BCUT2D eigenvalue weighted by molar-refractivity contribution is 5.79. The van der Waals surface area contributed by atoms with Crippen LogP contribution in [0.25, 0.3) is 10.9 Å². The summed E-state index contributed by atoms with van der Waals surface area (Å²) in [5, 5.41) is 10.6. The molecule has 1 fully saturated rings. The number of carbonyl (C=O) groups excluding carboxylic acids is 1. The van der Waals surface area contributed by atoms with Gasteiger partial charge < -0.3 is 15.0 Å². The molecular weight excluding hydrogens is 280 g/mol. The monoisotopic (exact) mass is 300 g/mol. The number of aliphatic hydroxyl groups is 1. The lowest BCUT2D eigenvalue weighted by Gasteiger charge is -2.30. The van der Waals surface area contributed by atoms with Crippen molar-refractivity contribution in [2.45, 2.75) is 31.8 Å². The molecule has 2 heterocycles. The Balaban J connectivity index is 1.69. The number of aromatic amines is 1. The van der Waals surface area contributed by atoms with Crippen LogP contribution in [-0.4, -0.2) is 40.1 Å². The third-order valence-electron chi connectivity index (χ3n) is 4.19. The van der Waals surface area contributed by atoms with Crippen LogP contribution in [0.2, 0.25) is 0 Å². The van der Waals surface area contributed by atoms with E-state index < -0.39 is 6.10 Å². The van der Waals surface area contributed by atoms with Crippen LogP contribution in [0.4, 0.5) is 0 Å². The summed E-state index contributed by atoms with van der Waals surface area (Å²) < 4.78 is 0. The Morgan fingerprint density at radius 1 is 1.36 bits per heavy atom. The zero-order chi connectivity index (χ0) is 15.5. The van der Waals surface area contributed by atoms with Crippen LogP contribution in [0.15, 0.2) is 35.1 Å². The van der Waals surface area contributed by atoms with E-state index in [9.17, 15) is 14.7 Å². The van der Waals surface area contributed by atoms with Gasteiger partial charge in [-0.15, -0.1) is 0 Å². The number of aromatic nitrogens is 1. The maximum Gasteiger partial charge on any atom is 0.251 e. The van der Waals surface area contributed by atoms with E-state index in [1.807, 2.05) is 30.3 Å². The fraction of sp³-hybridized carbons (Fsp3) is 0.412. The van der Waals surface area contributed by atoms with Gasteiger partial charge in [-0.3, -0.25) is 9.59 Å². The van der Waals surface area contributed by atoms with Gasteiger partial charge in [0.1, 0.15) is 0 Å². The van der Waals surface area contributed by atoms with Gasteiger partial charge in [-0.1, -0.05) is 18.2 Å². The number of piperidine rings is 1. The van der Waals surface area contributed by atoms with Crippen molar-refractivity contribution in [2.75, 3.05) is 13.1 Å². The first kappa shape index (κ1) is 14.8. The van der Waals surface area contributed by atoms with Crippen molar-refractivity contribution in [1.82, 2.24) is 9.88 Å². The molecule has 22 heavy (non-hydrogen) atoms. The molecule has 116 valence electrons. The van der Waals surface area contributed by atoms with Crippen LogP contribution in [0.3, 0.4) is 0 Å². The lowest BCUT2D eigenvalue weighted by molar-refractivity contribution is -0.134. The zero-order valence-electron chi connectivity index (χ0n) is 12.4. The molecule has 2 aromatic rings. The van der Waals surface area contributed by atoms with Crippen molar-refractivity contribution in [3.8, 4) is 0 Å². The number of pyridine rings is 1. The minimum atomic E-state index is -0.415. The van der Waals surface area contributed by atoms with Gasteiger partial charge in [-0.25, -0.2) is 0 Å². The second kappa shape index (κ2) is 6.32. The average Bonchev–Trinajstić information content (AvgIpc) is 2.52. The van der Waals surface area contributed by atoms with E-state index in [1.54, 1.807) is 4.90 Å². The van der Waals surface area contributed by atoms with E-state index in [1.165, 1.54) is 0 Å². The fourth-order valence-corrected chi connectivity index (χ4v) is 2.96. The van der Waals surface area contributed by atoms with Crippen LogP contribution < -0.4 is 5.56 Å². The molecule has 5 nitrogen and oxygen atoms in total. The Bertz CT molecular complexity index is 738. The van der Waals surface area contributed by atoms with Crippen LogP contribution in [0, 0.1) is 0 Å². The normalized spacial score (nSPS) is 18.6. The van der Waals surface area contributed by atoms with Crippen molar-refractivity contribution < 1.29 is 9.90 Å². The molecule has 1 aliphatic heterocycles. The molecule has 0 aliphatic carbocycles. The smallest absolute Gasteiger partial charge is 0.251 e. The van der Waals surface area contributed by atoms with Crippen LogP contribution in [0.5, 0.6) is 0 Å². The van der Waals surface area contributed by atoms with Gasteiger partial charge in [0.15, 0.2) is 0 Å². The Morgan fingerprint density at radius 2 is 2.18 bits per heavy atom. The minimum Gasteiger partial charge on any atom is -0.391 e. The van der Waals surface area contributed by atoms with E-state index in [0.29, 0.717) is 31.5 Å². The first-order chi connectivity index (χ1) is 10.6. The standard InChI is InChI=1S/C17H20N2O3/c20-14-5-3-9-19(11-14)16(21)8-7-13-10-12-4-1-2-6-15(12)18-17(13)22/h1-2,4,6,10,14,20H,3,5,7-9,11H2,(H,18,22). The molecule has 2 N–H and O–H groups in total. The summed E-state index contributed by atoms with van der Waals surface area (Å²) in [4.78, 5) is 28.8. The number of aryl methyl sites for hydroxylation is 1. The van der Waals surface area contributed by atoms with Gasteiger partial charge in [0.2, 0.25) is 5.91 Å². The molecule has 1 atom stereocenters. The molecule has 1 unspecified atom stereocenters. The molecule has 3 rings (SSSR count). The van der Waals surface area contributed by atoms with Crippen molar-refractivity contribution in [1.29, 1.82) is 0 Å². The van der Waals surface area contributed by atoms with Crippen LogP contribution in [0.1, 0.15) is 24.8 Å². The van der Waals surface area contributed by atoms with Gasteiger partial charge >= 0.3 is 0 Å². The van der Waals surface area contributed by atoms with Crippen LogP contribution in [-0.2, 0) is 11.2 Å². The molecule has 0 spiro atoms. The quantitative estimate of drug-likeness (QED) is 0.901. The van der Waals surface area contributed by atoms with E-state index in [-0.39, 0.29) is 11.5 Å². The summed E-state index contributed by atoms with van der Waals surface area (Å²) in [5.74, 6) is 0.00584. The van der Waals surface area contributed by atoms with E-state index in [2.05, 4.69) is 4.98 Å². The topological polar surface area (TPSA) is 73.4 Å². The van der Waals surface area contributed by atoms with Gasteiger partial charge in [0.25, 0.3) is 5.56 Å². The predicted molar refractivity (Wildman–Crippen MR) is 84.7 cm³/mol. The lowest BCUT2D eigenvalue weighted by atomic mass is 10.1. The fourth-order valence-electron chi connectivity index (χ4n) is 2.96. The summed E-state index contributed by atoms with van der Waals surface area (Å²) in [5.41, 5.74) is 1.30. The molecular formula is C17H20N2O3. The SMILES string of the molecule is O=C(CCc1cc2ccccc2[nH]c1=O)N1CCCC(O)C1. The maximum atomic E-state index is 12.2. The number of para-hydroxylation sites is 1. The molecule has 1 aromatic carbocycles. The molecule has 1 aromatic heterocycles. The number of hydrogen-bond acceptors (Lipinski definition) is 3. The van der Waals surface area contributed by atoms with Crippen LogP contribution >= 0.6 is 0 Å². The van der Waals surface area contributed by atoms with Crippen molar-refractivity contribution in [3.05, 3.63) is 46.2 Å². The summed E-state index contributed by atoms with van der Waals surface area (Å²) in [6, 6.07) is 9.46. The Kier molecular flexibility index (Phi) is 4.24. The summed E-state index contributed by atoms with van der Waals surface area (Å²) >= 11 is 0. The average molecular weight is 300 g/mol. The number of likely N-dealkylation sites (tertiary alicyclic amines) is 1. The molecule has 5 heteroatoms. The number of nitrogens with zero attached hydrogens (tertiary/aromatic N) is 1. The molecule has 1 saturated heterocycles. The lowest BCUT2D eigenvalue weighted by Crippen LogP contribution is -2.42. The molecule has 0 saturated carbocycles. The van der Waals surface area contributed by atoms with Crippen molar-refractivity contribution in [2.24, 2.45) is 0 Å². The number of H-pyrrole nitrogens is 1. The first-order valence-corrected chi connectivity index (χ1v) is 7.70. The van der Waals surface area contributed by atoms with Crippen molar-refractivity contribution in [3.63, 3.8) is 0 Å². The highest BCUT2D eigenvalue weighted by Crippen LogP contribution is 2.14.